The molecular weight excluding hydrogens is 288 g/mol. The zero-order valence-electron chi connectivity index (χ0n) is 14.9. The molecule has 1 N–H and O–H groups in total. The lowest BCUT2D eigenvalue weighted by Crippen LogP contribution is -2.52. The number of rotatable bonds is 5. The normalized spacial score (nSPS) is 16.0. The van der Waals surface area contributed by atoms with Gasteiger partial charge in [0, 0.05) is 45.5 Å². The van der Waals surface area contributed by atoms with Crippen molar-refractivity contribution in [3.8, 4) is 5.75 Å². The van der Waals surface area contributed by atoms with Crippen LogP contribution in [0.1, 0.15) is 20.3 Å². The standard InChI is InChI=1S/C18H30N4O/c1-15(2)9-10-20-18(19-3)22-13-11-21(12-14-22)16-5-7-17(23-4)8-6-16/h5-8,15H,9-14H2,1-4H3,(H,19,20). The molecule has 0 spiro atoms. The molecule has 0 aliphatic carbocycles. The van der Waals surface area contributed by atoms with Crippen LogP contribution in [0.5, 0.6) is 5.75 Å². The third kappa shape index (κ3) is 5.05. The van der Waals surface area contributed by atoms with Crippen molar-refractivity contribution in [2.45, 2.75) is 20.3 Å². The van der Waals surface area contributed by atoms with Gasteiger partial charge in [0.1, 0.15) is 5.75 Å². The zero-order chi connectivity index (χ0) is 16.7. The van der Waals surface area contributed by atoms with Gasteiger partial charge in [0.25, 0.3) is 0 Å². The van der Waals surface area contributed by atoms with Crippen molar-refractivity contribution < 1.29 is 4.74 Å². The van der Waals surface area contributed by atoms with Crippen molar-refractivity contribution in [1.82, 2.24) is 10.2 Å². The van der Waals surface area contributed by atoms with Crippen LogP contribution in [0.4, 0.5) is 5.69 Å². The van der Waals surface area contributed by atoms with Gasteiger partial charge in [0.2, 0.25) is 0 Å². The summed E-state index contributed by atoms with van der Waals surface area (Å²) in [4.78, 5) is 9.19. The average Bonchev–Trinajstić information content (AvgIpc) is 2.59. The Bertz CT molecular complexity index is 490. The van der Waals surface area contributed by atoms with E-state index in [0.29, 0.717) is 5.92 Å². The molecule has 0 bridgehead atoms. The first-order valence-electron chi connectivity index (χ1n) is 8.48. The molecule has 5 heteroatoms. The number of ether oxygens (including phenoxy) is 1. The van der Waals surface area contributed by atoms with Gasteiger partial charge in [-0.15, -0.1) is 0 Å². The minimum absolute atomic E-state index is 0.715. The number of benzene rings is 1. The second kappa shape index (κ2) is 8.65. The minimum atomic E-state index is 0.715. The molecule has 1 aromatic carbocycles. The van der Waals surface area contributed by atoms with Crippen molar-refractivity contribution in [2.75, 3.05) is 51.8 Å². The third-order valence-electron chi connectivity index (χ3n) is 4.23. The summed E-state index contributed by atoms with van der Waals surface area (Å²) in [6, 6.07) is 8.30. The summed E-state index contributed by atoms with van der Waals surface area (Å²) in [5.74, 6) is 2.65. The SMILES string of the molecule is CN=C(NCCC(C)C)N1CCN(c2ccc(OC)cc2)CC1. The molecule has 1 heterocycles. The van der Waals surface area contributed by atoms with Gasteiger partial charge >= 0.3 is 0 Å². The predicted octanol–water partition coefficient (Wildman–Crippen LogP) is 2.44. The van der Waals surface area contributed by atoms with Crippen molar-refractivity contribution in [3.05, 3.63) is 24.3 Å². The Balaban J connectivity index is 1.84. The quantitative estimate of drug-likeness (QED) is 0.669. The van der Waals surface area contributed by atoms with Gasteiger partial charge in [-0.1, -0.05) is 13.8 Å². The average molecular weight is 318 g/mol. The van der Waals surface area contributed by atoms with Crippen molar-refractivity contribution in [3.63, 3.8) is 0 Å². The van der Waals surface area contributed by atoms with Gasteiger partial charge < -0.3 is 19.9 Å². The molecule has 1 fully saturated rings. The molecule has 2 rings (SSSR count). The minimum Gasteiger partial charge on any atom is -0.497 e. The van der Waals surface area contributed by atoms with Crippen molar-refractivity contribution >= 4 is 11.6 Å². The summed E-state index contributed by atoms with van der Waals surface area (Å²) in [6.07, 6.45) is 1.17. The molecule has 128 valence electrons. The van der Waals surface area contributed by atoms with E-state index >= 15 is 0 Å². The molecule has 0 radical (unpaired) electrons. The number of nitrogens with one attached hydrogen (secondary N) is 1. The van der Waals surface area contributed by atoms with E-state index < -0.39 is 0 Å². The Morgan fingerprint density at radius 1 is 1.17 bits per heavy atom. The highest BCUT2D eigenvalue weighted by atomic mass is 16.5. The zero-order valence-corrected chi connectivity index (χ0v) is 14.9. The van der Waals surface area contributed by atoms with E-state index in [1.165, 1.54) is 12.1 Å². The molecule has 1 saturated heterocycles. The summed E-state index contributed by atoms with van der Waals surface area (Å²) in [5, 5.41) is 3.48. The van der Waals surface area contributed by atoms with Crippen LogP contribution in [-0.4, -0.2) is 57.7 Å². The number of nitrogens with zero attached hydrogens (tertiary/aromatic N) is 3. The van der Waals surface area contributed by atoms with E-state index in [0.717, 1.165) is 44.4 Å². The lowest BCUT2D eigenvalue weighted by atomic mass is 10.1. The molecule has 23 heavy (non-hydrogen) atoms. The van der Waals surface area contributed by atoms with Crippen molar-refractivity contribution in [1.29, 1.82) is 0 Å². The fourth-order valence-electron chi connectivity index (χ4n) is 2.77. The molecule has 0 amide bonds. The van der Waals surface area contributed by atoms with E-state index in [1.54, 1.807) is 7.11 Å². The maximum atomic E-state index is 5.22. The highest BCUT2D eigenvalue weighted by Crippen LogP contribution is 2.20. The van der Waals surface area contributed by atoms with Crippen LogP contribution in [0.15, 0.2) is 29.3 Å². The van der Waals surface area contributed by atoms with E-state index in [1.807, 2.05) is 19.2 Å². The first-order chi connectivity index (χ1) is 11.1. The van der Waals surface area contributed by atoms with Crippen LogP contribution in [-0.2, 0) is 0 Å². The maximum Gasteiger partial charge on any atom is 0.193 e. The second-order valence-corrected chi connectivity index (χ2v) is 6.33. The Morgan fingerprint density at radius 3 is 2.35 bits per heavy atom. The monoisotopic (exact) mass is 318 g/mol. The number of guanidine groups is 1. The first-order valence-corrected chi connectivity index (χ1v) is 8.48. The van der Waals surface area contributed by atoms with Crippen LogP contribution in [0, 0.1) is 5.92 Å². The number of aliphatic imine (C=N–C) groups is 1. The van der Waals surface area contributed by atoms with Gasteiger partial charge in [-0.3, -0.25) is 4.99 Å². The van der Waals surface area contributed by atoms with Crippen LogP contribution in [0.2, 0.25) is 0 Å². The Morgan fingerprint density at radius 2 is 1.83 bits per heavy atom. The highest BCUT2D eigenvalue weighted by Gasteiger charge is 2.19. The molecule has 0 aromatic heterocycles. The summed E-state index contributed by atoms with van der Waals surface area (Å²) >= 11 is 0. The first kappa shape index (κ1) is 17.4. The van der Waals surface area contributed by atoms with Gasteiger partial charge in [0.15, 0.2) is 5.96 Å². The van der Waals surface area contributed by atoms with Gasteiger partial charge in [-0.05, 0) is 36.6 Å². The van der Waals surface area contributed by atoms with Crippen LogP contribution < -0.4 is 15.0 Å². The second-order valence-electron chi connectivity index (χ2n) is 6.33. The molecule has 0 saturated carbocycles. The van der Waals surface area contributed by atoms with E-state index in [-0.39, 0.29) is 0 Å². The topological polar surface area (TPSA) is 40.1 Å². The lowest BCUT2D eigenvalue weighted by Gasteiger charge is -2.37. The third-order valence-corrected chi connectivity index (χ3v) is 4.23. The number of hydrogen-bond donors (Lipinski definition) is 1. The molecule has 5 nitrogen and oxygen atoms in total. The van der Waals surface area contributed by atoms with Crippen LogP contribution in [0.3, 0.4) is 0 Å². The number of piperazine rings is 1. The van der Waals surface area contributed by atoms with E-state index in [4.69, 9.17) is 4.74 Å². The van der Waals surface area contributed by atoms with Crippen LogP contribution >= 0.6 is 0 Å². The van der Waals surface area contributed by atoms with Gasteiger partial charge in [-0.2, -0.15) is 0 Å². The Hall–Kier alpha value is -1.91. The largest absolute Gasteiger partial charge is 0.497 e. The number of hydrogen-bond acceptors (Lipinski definition) is 3. The molecule has 1 aliphatic heterocycles. The fraction of sp³-hybridized carbons (Fsp3) is 0.611. The number of methoxy groups -OCH3 is 1. The van der Waals surface area contributed by atoms with E-state index in [9.17, 15) is 0 Å². The molecule has 0 atom stereocenters. The Labute approximate surface area is 140 Å². The summed E-state index contributed by atoms with van der Waals surface area (Å²) in [7, 11) is 3.57. The van der Waals surface area contributed by atoms with Crippen molar-refractivity contribution in [2.24, 2.45) is 10.9 Å². The summed E-state index contributed by atoms with van der Waals surface area (Å²) in [6.45, 7) is 9.49. The lowest BCUT2D eigenvalue weighted by molar-refractivity contribution is 0.371. The predicted molar refractivity (Wildman–Crippen MR) is 97.6 cm³/mol. The maximum absolute atomic E-state index is 5.22. The summed E-state index contributed by atoms with van der Waals surface area (Å²) in [5.41, 5.74) is 1.26. The Kier molecular flexibility index (Phi) is 6.56. The molecule has 1 aliphatic rings. The van der Waals surface area contributed by atoms with Crippen LogP contribution in [0.25, 0.3) is 0 Å². The van der Waals surface area contributed by atoms with Gasteiger partial charge in [0.05, 0.1) is 7.11 Å². The summed E-state index contributed by atoms with van der Waals surface area (Å²) < 4.78 is 5.22. The number of anilines is 1. The van der Waals surface area contributed by atoms with E-state index in [2.05, 4.69) is 46.1 Å². The smallest absolute Gasteiger partial charge is 0.193 e. The molecule has 1 aromatic rings. The highest BCUT2D eigenvalue weighted by molar-refractivity contribution is 5.80. The van der Waals surface area contributed by atoms with Gasteiger partial charge in [-0.25, -0.2) is 0 Å². The molecular formula is C18H30N4O. The molecule has 0 unspecified atom stereocenters. The fourth-order valence-corrected chi connectivity index (χ4v) is 2.77.